The molecular formula is C16H20ClN3. The molecule has 0 saturated heterocycles. The largest absolute Gasteiger partial charge is 0.310 e. The Morgan fingerprint density at radius 2 is 2.05 bits per heavy atom. The number of nitrogens with one attached hydrogen (secondary N) is 1. The molecule has 0 unspecified atom stereocenters. The highest BCUT2D eigenvalue weighted by Gasteiger charge is 2.20. The highest BCUT2D eigenvalue weighted by atomic mass is 35.5. The molecule has 106 valence electrons. The highest BCUT2D eigenvalue weighted by Crippen LogP contribution is 2.25. The van der Waals surface area contributed by atoms with Crippen molar-refractivity contribution in [3.05, 3.63) is 45.7 Å². The number of aryl methyl sites for hydroxylation is 1. The zero-order valence-electron chi connectivity index (χ0n) is 12.2. The van der Waals surface area contributed by atoms with Gasteiger partial charge in [-0.25, -0.2) is 4.68 Å². The maximum Gasteiger partial charge on any atom is 0.0835 e. The molecule has 0 atom stereocenters. The van der Waals surface area contributed by atoms with Crippen LogP contribution in [0, 0.1) is 20.8 Å². The molecule has 0 spiro atoms. The van der Waals surface area contributed by atoms with Crippen molar-refractivity contribution in [2.75, 3.05) is 0 Å². The quantitative estimate of drug-likeness (QED) is 0.930. The fourth-order valence-electron chi connectivity index (χ4n) is 2.34. The second-order valence-corrected chi connectivity index (χ2v) is 6.06. The Bertz CT molecular complexity index is 641. The molecule has 1 N–H and O–H groups in total. The molecule has 0 radical (unpaired) electrons. The minimum Gasteiger partial charge on any atom is -0.310 e. The van der Waals surface area contributed by atoms with E-state index in [1.807, 2.05) is 17.7 Å². The molecule has 1 saturated carbocycles. The lowest BCUT2D eigenvalue weighted by molar-refractivity contribution is 0.687. The SMILES string of the molecule is Cc1nn(-c2ccc(CNC3CC3)cc2Cl)c(C)c1C. The molecule has 0 bridgehead atoms. The molecule has 0 aliphatic heterocycles. The molecule has 20 heavy (non-hydrogen) atoms. The first-order valence-corrected chi connectivity index (χ1v) is 7.49. The van der Waals surface area contributed by atoms with Crippen LogP contribution in [0.3, 0.4) is 0 Å². The summed E-state index contributed by atoms with van der Waals surface area (Å²) in [6.45, 7) is 7.09. The number of benzene rings is 1. The molecule has 4 heteroatoms. The Balaban J connectivity index is 1.87. The van der Waals surface area contributed by atoms with Gasteiger partial charge in [-0.15, -0.1) is 0 Å². The molecule has 1 heterocycles. The van der Waals surface area contributed by atoms with Crippen LogP contribution in [-0.4, -0.2) is 15.8 Å². The second-order valence-electron chi connectivity index (χ2n) is 5.65. The van der Waals surface area contributed by atoms with E-state index in [2.05, 4.69) is 36.4 Å². The van der Waals surface area contributed by atoms with Crippen molar-refractivity contribution in [3.8, 4) is 5.69 Å². The highest BCUT2D eigenvalue weighted by molar-refractivity contribution is 6.32. The van der Waals surface area contributed by atoms with E-state index in [1.54, 1.807) is 0 Å². The van der Waals surface area contributed by atoms with Gasteiger partial charge in [0.15, 0.2) is 0 Å². The monoisotopic (exact) mass is 289 g/mol. The summed E-state index contributed by atoms with van der Waals surface area (Å²) in [6, 6.07) is 6.94. The fraction of sp³-hybridized carbons (Fsp3) is 0.438. The van der Waals surface area contributed by atoms with Gasteiger partial charge in [0.2, 0.25) is 0 Å². The van der Waals surface area contributed by atoms with E-state index in [4.69, 9.17) is 11.6 Å². The van der Waals surface area contributed by atoms with Gasteiger partial charge >= 0.3 is 0 Å². The van der Waals surface area contributed by atoms with Gasteiger partial charge in [0.25, 0.3) is 0 Å². The van der Waals surface area contributed by atoms with Gasteiger partial charge in [-0.05, 0) is 56.9 Å². The standard InChI is InChI=1S/C16H20ClN3/c1-10-11(2)19-20(12(10)3)16-7-4-13(8-15(16)17)9-18-14-5-6-14/h4,7-8,14,18H,5-6,9H2,1-3H3. The smallest absolute Gasteiger partial charge is 0.0835 e. The molecule has 1 aromatic heterocycles. The third-order valence-electron chi connectivity index (χ3n) is 4.07. The van der Waals surface area contributed by atoms with E-state index >= 15 is 0 Å². The van der Waals surface area contributed by atoms with Crippen LogP contribution < -0.4 is 5.32 Å². The van der Waals surface area contributed by atoms with Gasteiger partial charge in [-0.1, -0.05) is 17.7 Å². The van der Waals surface area contributed by atoms with Crippen LogP contribution in [0.25, 0.3) is 5.69 Å². The molecule has 1 aromatic carbocycles. The Morgan fingerprint density at radius 1 is 1.30 bits per heavy atom. The summed E-state index contributed by atoms with van der Waals surface area (Å²) in [7, 11) is 0. The first kappa shape index (κ1) is 13.7. The Labute approximate surface area is 124 Å². The Hall–Kier alpha value is -1.32. The van der Waals surface area contributed by atoms with Crippen molar-refractivity contribution in [2.45, 2.75) is 46.2 Å². The number of nitrogens with zero attached hydrogens (tertiary/aromatic N) is 2. The minimum absolute atomic E-state index is 0.715. The fourth-order valence-corrected chi connectivity index (χ4v) is 2.62. The first-order chi connectivity index (χ1) is 9.56. The Morgan fingerprint density at radius 3 is 2.60 bits per heavy atom. The normalized spacial score (nSPS) is 14.8. The summed E-state index contributed by atoms with van der Waals surface area (Å²) >= 11 is 6.44. The summed E-state index contributed by atoms with van der Waals surface area (Å²) < 4.78 is 1.94. The Kier molecular flexibility index (Phi) is 3.57. The van der Waals surface area contributed by atoms with Crippen LogP contribution in [0.4, 0.5) is 0 Å². The maximum absolute atomic E-state index is 6.44. The van der Waals surface area contributed by atoms with Gasteiger partial charge in [-0.3, -0.25) is 0 Å². The van der Waals surface area contributed by atoms with Crippen molar-refractivity contribution >= 4 is 11.6 Å². The third kappa shape index (κ3) is 2.60. The van der Waals surface area contributed by atoms with Crippen molar-refractivity contribution in [3.63, 3.8) is 0 Å². The lowest BCUT2D eigenvalue weighted by atomic mass is 10.2. The van der Waals surface area contributed by atoms with E-state index in [0.29, 0.717) is 6.04 Å². The average Bonchev–Trinajstić information content (AvgIpc) is 3.21. The zero-order chi connectivity index (χ0) is 14.3. The van der Waals surface area contributed by atoms with E-state index in [0.717, 1.165) is 28.6 Å². The van der Waals surface area contributed by atoms with Crippen molar-refractivity contribution in [1.29, 1.82) is 0 Å². The van der Waals surface area contributed by atoms with Crippen LogP contribution in [-0.2, 0) is 6.54 Å². The molecule has 2 aromatic rings. The molecule has 3 nitrogen and oxygen atoms in total. The number of rotatable bonds is 4. The van der Waals surface area contributed by atoms with E-state index in [9.17, 15) is 0 Å². The number of halogens is 1. The third-order valence-corrected chi connectivity index (χ3v) is 4.37. The number of hydrogen-bond donors (Lipinski definition) is 1. The van der Waals surface area contributed by atoms with E-state index in [1.165, 1.54) is 24.0 Å². The zero-order valence-corrected chi connectivity index (χ0v) is 13.0. The van der Waals surface area contributed by atoms with Crippen molar-refractivity contribution < 1.29 is 0 Å². The molecule has 1 aliphatic rings. The lowest BCUT2D eigenvalue weighted by Crippen LogP contribution is -2.15. The van der Waals surface area contributed by atoms with Gasteiger partial charge in [0.1, 0.15) is 0 Å². The minimum atomic E-state index is 0.715. The summed E-state index contributed by atoms with van der Waals surface area (Å²) in [5.74, 6) is 0. The van der Waals surface area contributed by atoms with Gasteiger partial charge in [0.05, 0.1) is 16.4 Å². The molecule has 0 amide bonds. The summed E-state index contributed by atoms with van der Waals surface area (Å²) in [5.41, 5.74) is 5.60. The molecular weight excluding hydrogens is 270 g/mol. The lowest BCUT2D eigenvalue weighted by Gasteiger charge is -2.10. The average molecular weight is 290 g/mol. The molecule has 3 rings (SSSR count). The first-order valence-electron chi connectivity index (χ1n) is 7.11. The van der Waals surface area contributed by atoms with Crippen LogP contribution in [0.15, 0.2) is 18.2 Å². The predicted molar refractivity (Wildman–Crippen MR) is 82.6 cm³/mol. The number of hydrogen-bond acceptors (Lipinski definition) is 2. The topological polar surface area (TPSA) is 29.9 Å². The van der Waals surface area contributed by atoms with Gasteiger partial charge in [-0.2, -0.15) is 5.10 Å². The summed E-state index contributed by atoms with van der Waals surface area (Å²) in [4.78, 5) is 0. The number of aromatic nitrogens is 2. The van der Waals surface area contributed by atoms with Crippen molar-refractivity contribution in [1.82, 2.24) is 15.1 Å². The van der Waals surface area contributed by atoms with Crippen LogP contribution in [0.5, 0.6) is 0 Å². The predicted octanol–water partition coefficient (Wildman–Crippen LogP) is 3.70. The van der Waals surface area contributed by atoms with Crippen LogP contribution >= 0.6 is 11.6 Å². The van der Waals surface area contributed by atoms with Gasteiger partial charge in [0, 0.05) is 18.3 Å². The summed E-state index contributed by atoms with van der Waals surface area (Å²) in [5, 5.41) is 8.83. The maximum atomic E-state index is 6.44. The van der Waals surface area contributed by atoms with Crippen LogP contribution in [0.2, 0.25) is 5.02 Å². The van der Waals surface area contributed by atoms with E-state index in [-0.39, 0.29) is 0 Å². The van der Waals surface area contributed by atoms with Gasteiger partial charge < -0.3 is 5.32 Å². The van der Waals surface area contributed by atoms with Crippen LogP contribution in [0.1, 0.15) is 35.4 Å². The summed E-state index contributed by atoms with van der Waals surface area (Å²) in [6.07, 6.45) is 2.60. The molecule has 1 aliphatic carbocycles. The second kappa shape index (κ2) is 5.23. The van der Waals surface area contributed by atoms with E-state index < -0.39 is 0 Å². The van der Waals surface area contributed by atoms with Crippen molar-refractivity contribution in [2.24, 2.45) is 0 Å². The molecule has 1 fully saturated rings.